The number of thioether (sulfide) groups is 1. The second kappa shape index (κ2) is 7.22. The Labute approximate surface area is 127 Å². The summed E-state index contributed by atoms with van der Waals surface area (Å²) in [6.07, 6.45) is 0. The molecule has 104 valence electrons. The highest BCUT2D eigenvalue weighted by molar-refractivity contribution is 7.99. The van der Waals surface area contributed by atoms with E-state index in [-0.39, 0.29) is 0 Å². The summed E-state index contributed by atoms with van der Waals surface area (Å²) in [4.78, 5) is 13.0. The third kappa shape index (κ3) is 4.18. The number of anilines is 1. The summed E-state index contributed by atoms with van der Waals surface area (Å²) >= 11 is 7.47. The van der Waals surface area contributed by atoms with Crippen LogP contribution in [0.5, 0.6) is 0 Å². The van der Waals surface area contributed by atoms with Gasteiger partial charge in [-0.3, -0.25) is 0 Å². The van der Waals surface area contributed by atoms with E-state index in [0.29, 0.717) is 28.6 Å². The number of halogens is 1. The molecule has 0 aliphatic rings. The number of carbonyl (C=O) groups is 1. The number of rotatable bonds is 5. The van der Waals surface area contributed by atoms with Crippen molar-refractivity contribution < 1.29 is 9.53 Å². The number of nitrogen functional groups attached to an aromatic ring is 1. The molecule has 3 nitrogen and oxygen atoms in total. The number of nitrogens with two attached hydrogens (primary N) is 1. The molecule has 0 amide bonds. The van der Waals surface area contributed by atoms with Gasteiger partial charge in [0, 0.05) is 21.4 Å². The summed E-state index contributed by atoms with van der Waals surface area (Å²) in [5, 5.41) is 0.463. The van der Waals surface area contributed by atoms with Gasteiger partial charge in [-0.15, -0.1) is 11.8 Å². The lowest BCUT2D eigenvalue weighted by Crippen LogP contribution is -2.10. The van der Waals surface area contributed by atoms with Gasteiger partial charge >= 0.3 is 5.97 Å². The van der Waals surface area contributed by atoms with Crippen LogP contribution in [0.3, 0.4) is 0 Å². The van der Waals surface area contributed by atoms with Gasteiger partial charge < -0.3 is 10.5 Å². The lowest BCUT2D eigenvalue weighted by Gasteiger charge is -2.07. The van der Waals surface area contributed by atoms with E-state index in [1.54, 1.807) is 23.9 Å². The van der Waals surface area contributed by atoms with E-state index in [1.165, 1.54) is 6.07 Å². The molecule has 2 rings (SSSR count). The van der Waals surface area contributed by atoms with Gasteiger partial charge in [-0.25, -0.2) is 4.79 Å². The molecule has 2 aromatic carbocycles. The molecule has 0 spiro atoms. The van der Waals surface area contributed by atoms with Crippen LogP contribution in [0.1, 0.15) is 10.4 Å². The van der Waals surface area contributed by atoms with Crippen LogP contribution in [0.4, 0.5) is 5.69 Å². The third-order valence-corrected chi connectivity index (χ3v) is 3.78. The Balaban J connectivity index is 1.82. The van der Waals surface area contributed by atoms with Gasteiger partial charge in [0.15, 0.2) is 0 Å². The standard InChI is InChI=1S/C15H14ClNO2S/c16-11-6-7-14(17)13(10-11)15(18)19-8-9-20-12-4-2-1-3-5-12/h1-7,10H,8-9,17H2. The molecule has 0 unspecified atom stereocenters. The zero-order valence-corrected chi connectivity index (χ0v) is 12.3. The summed E-state index contributed by atoms with van der Waals surface area (Å²) in [5.74, 6) is 0.245. The van der Waals surface area contributed by atoms with Crippen LogP contribution in [0.25, 0.3) is 0 Å². The van der Waals surface area contributed by atoms with E-state index in [4.69, 9.17) is 22.1 Å². The smallest absolute Gasteiger partial charge is 0.340 e. The van der Waals surface area contributed by atoms with E-state index >= 15 is 0 Å². The summed E-state index contributed by atoms with van der Waals surface area (Å²) in [5.41, 5.74) is 6.40. The summed E-state index contributed by atoms with van der Waals surface area (Å²) in [7, 11) is 0. The van der Waals surface area contributed by atoms with Crippen molar-refractivity contribution in [3.63, 3.8) is 0 Å². The lowest BCUT2D eigenvalue weighted by molar-refractivity contribution is 0.0531. The van der Waals surface area contributed by atoms with Crippen molar-refractivity contribution in [1.29, 1.82) is 0 Å². The maximum atomic E-state index is 11.9. The predicted molar refractivity (Wildman–Crippen MR) is 83.3 cm³/mol. The molecule has 0 atom stereocenters. The van der Waals surface area contributed by atoms with Crippen LogP contribution in [0.2, 0.25) is 5.02 Å². The SMILES string of the molecule is Nc1ccc(Cl)cc1C(=O)OCCSc1ccccc1. The van der Waals surface area contributed by atoms with Gasteiger partial charge in [-0.1, -0.05) is 29.8 Å². The molecular weight excluding hydrogens is 294 g/mol. The fourth-order valence-corrected chi connectivity index (χ4v) is 2.52. The average molecular weight is 308 g/mol. The zero-order chi connectivity index (χ0) is 14.4. The Kier molecular flexibility index (Phi) is 5.32. The van der Waals surface area contributed by atoms with Gasteiger partial charge in [0.2, 0.25) is 0 Å². The van der Waals surface area contributed by atoms with Crippen molar-refractivity contribution >= 4 is 35.0 Å². The normalized spacial score (nSPS) is 10.2. The highest BCUT2D eigenvalue weighted by Gasteiger charge is 2.11. The van der Waals surface area contributed by atoms with Crippen LogP contribution >= 0.6 is 23.4 Å². The predicted octanol–water partition coefficient (Wildman–Crippen LogP) is 3.87. The Morgan fingerprint density at radius 2 is 1.95 bits per heavy atom. The molecule has 0 aromatic heterocycles. The van der Waals surface area contributed by atoms with Crippen LogP contribution in [-0.4, -0.2) is 18.3 Å². The monoisotopic (exact) mass is 307 g/mol. The molecule has 0 aliphatic carbocycles. The first-order valence-electron chi connectivity index (χ1n) is 6.07. The first-order chi connectivity index (χ1) is 9.66. The minimum atomic E-state index is -0.446. The Bertz CT molecular complexity index is 590. The minimum Gasteiger partial charge on any atom is -0.461 e. The van der Waals surface area contributed by atoms with E-state index < -0.39 is 5.97 Å². The molecule has 2 aromatic rings. The second-order valence-corrected chi connectivity index (χ2v) is 5.63. The zero-order valence-electron chi connectivity index (χ0n) is 10.7. The minimum absolute atomic E-state index is 0.308. The molecular formula is C15H14ClNO2S. The van der Waals surface area contributed by atoms with E-state index in [0.717, 1.165) is 4.90 Å². The van der Waals surface area contributed by atoms with E-state index in [1.807, 2.05) is 30.3 Å². The Morgan fingerprint density at radius 1 is 1.20 bits per heavy atom. The number of hydrogen-bond donors (Lipinski definition) is 1. The van der Waals surface area contributed by atoms with Crippen molar-refractivity contribution in [3.05, 3.63) is 59.1 Å². The highest BCUT2D eigenvalue weighted by Crippen LogP contribution is 2.20. The highest BCUT2D eigenvalue weighted by atomic mass is 35.5. The first kappa shape index (κ1) is 14.8. The van der Waals surface area contributed by atoms with Gasteiger partial charge in [0.05, 0.1) is 5.56 Å². The van der Waals surface area contributed by atoms with Gasteiger partial charge in [0.25, 0.3) is 0 Å². The van der Waals surface area contributed by atoms with Crippen molar-refractivity contribution in [3.8, 4) is 0 Å². The second-order valence-electron chi connectivity index (χ2n) is 4.03. The van der Waals surface area contributed by atoms with Gasteiger partial charge in [0.1, 0.15) is 6.61 Å². The van der Waals surface area contributed by atoms with E-state index in [2.05, 4.69) is 0 Å². The number of ether oxygens (including phenoxy) is 1. The molecule has 0 aliphatic heterocycles. The Morgan fingerprint density at radius 3 is 2.70 bits per heavy atom. The first-order valence-corrected chi connectivity index (χ1v) is 7.43. The summed E-state index contributed by atoms with van der Waals surface area (Å²) < 4.78 is 5.19. The fraction of sp³-hybridized carbons (Fsp3) is 0.133. The lowest BCUT2D eigenvalue weighted by atomic mass is 10.2. The fourth-order valence-electron chi connectivity index (χ4n) is 1.59. The summed E-state index contributed by atoms with van der Waals surface area (Å²) in [6.45, 7) is 0.324. The van der Waals surface area contributed by atoms with Crippen LogP contribution < -0.4 is 5.73 Å². The van der Waals surface area contributed by atoms with Crippen LogP contribution in [-0.2, 0) is 4.74 Å². The van der Waals surface area contributed by atoms with Crippen molar-refractivity contribution in [2.75, 3.05) is 18.1 Å². The maximum absolute atomic E-state index is 11.9. The molecule has 0 bridgehead atoms. The third-order valence-electron chi connectivity index (χ3n) is 2.56. The molecule has 2 N–H and O–H groups in total. The summed E-state index contributed by atoms with van der Waals surface area (Å²) in [6, 6.07) is 14.7. The van der Waals surface area contributed by atoms with E-state index in [9.17, 15) is 4.79 Å². The quantitative estimate of drug-likeness (QED) is 0.394. The molecule has 5 heteroatoms. The Hall–Kier alpha value is -1.65. The number of hydrogen-bond acceptors (Lipinski definition) is 4. The van der Waals surface area contributed by atoms with Crippen LogP contribution in [0.15, 0.2) is 53.4 Å². The van der Waals surface area contributed by atoms with Crippen molar-refractivity contribution in [1.82, 2.24) is 0 Å². The number of carbonyl (C=O) groups excluding carboxylic acids is 1. The molecule has 0 fully saturated rings. The van der Waals surface area contributed by atoms with Gasteiger partial charge in [-0.2, -0.15) is 0 Å². The topological polar surface area (TPSA) is 52.3 Å². The number of benzene rings is 2. The van der Waals surface area contributed by atoms with Crippen molar-refractivity contribution in [2.24, 2.45) is 0 Å². The average Bonchev–Trinajstić information content (AvgIpc) is 2.47. The van der Waals surface area contributed by atoms with Crippen LogP contribution in [0, 0.1) is 0 Å². The largest absolute Gasteiger partial charge is 0.461 e. The maximum Gasteiger partial charge on any atom is 0.340 e. The van der Waals surface area contributed by atoms with Crippen molar-refractivity contribution in [2.45, 2.75) is 4.90 Å². The molecule has 0 saturated carbocycles. The molecule has 0 radical (unpaired) electrons. The number of esters is 1. The molecule has 20 heavy (non-hydrogen) atoms. The van der Waals surface area contributed by atoms with Gasteiger partial charge in [-0.05, 0) is 30.3 Å². The molecule has 0 saturated heterocycles. The molecule has 0 heterocycles.